The number of aliphatic hydroxyl groups is 1. The number of ether oxygens (including phenoxy) is 1. The van der Waals surface area contributed by atoms with Gasteiger partial charge in [-0.1, -0.05) is 6.42 Å². The van der Waals surface area contributed by atoms with Gasteiger partial charge in [-0.15, -0.1) is 0 Å². The van der Waals surface area contributed by atoms with Crippen molar-refractivity contribution in [2.45, 2.75) is 56.7 Å². The number of carbonyl (C=O) groups is 1. The number of piperidine rings is 1. The lowest BCUT2D eigenvalue weighted by Crippen LogP contribution is -2.52. The van der Waals surface area contributed by atoms with Crippen molar-refractivity contribution in [3.8, 4) is 0 Å². The van der Waals surface area contributed by atoms with Crippen molar-refractivity contribution in [1.82, 2.24) is 10.2 Å². The molecule has 19 heavy (non-hydrogen) atoms. The van der Waals surface area contributed by atoms with Gasteiger partial charge in [0.2, 0.25) is 0 Å². The van der Waals surface area contributed by atoms with Crippen LogP contribution in [0, 0.1) is 0 Å². The van der Waals surface area contributed by atoms with Crippen LogP contribution < -0.4 is 5.32 Å². The molecule has 2 unspecified atom stereocenters. The van der Waals surface area contributed by atoms with E-state index in [-0.39, 0.29) is 0 Å². The van der Waals surface area contributed by atoms with Crippen molar-refractivity contribution in [2.75, 3.05) is 26.7 Å². The average molecular weight is 270 g/mol. The van der Waals surface area contributed by atoms with E-state index in [1.54, 1.807) is 6.92 Å². The molecule has 2 fully saturated rings. The fraction of sp³-hybridized carbons (Fsp3) is 0.929. The number of methoxy groups -OCH3 is 1. The molecule has 0 aromatic carbocycles. The Kier molecular flexibility index (Phi) is 4.81. The third kappa shape index (κ3) is 4.16. The molecule has 0 spiro atoms. The SMILES string of the molecule is COC(=O)C(C)(O)CN(CC1CCCCN1)C1CC1. The standard InChI is InChI=1S/C14H26N2O3/c1-14(18,13(17)19-2)10-16(12-6-7-12)9-11-5-3-4-8-15-11/h11-12,15,18H,3-10H2,1-2H3. The van der Waals surface area contributed by atoms with Gasteiger partial charge in [0.05, 0.1) is 7.11 Å². The Balaban J connectivity index is 1.90. The molecule has 0 aromatic rings. The maximum atomic E-state index is 11.6. The van der Waals surface area contributed by atoms with E-state index in [1.807, 2.05) is 0 Å². The Morgan fingerprint density at radius 1 is 1.42 bits per heavy atom. The third-order valence-corrected chi connectivity index (χ3v) is 4.07. The first-order valence-corrected chi connectivity index (χ1v) is 7.31. The molecular weight excluding hydrogens is 244 g/mol. The second-order valence-corrected chi connectivity index (χ2v) is 6.07. The second kappa shape index (κ2) is 6.20. The zero-order chi connectivity index (χ0) is 13.9. The van der Waals surface area contributed by atoms with Crippen molar-refractivity contribution in [3.05, 3.63) is 0 Å². The van der Waals surface area contributed by atoms with Crippen LogP contribution in [0.2, 0.25) is 0 Å². The highest BCUT2D eigenvalue weighted by molar-refractivity contribution is 5.78. The maximum absolute atomic E-state index is 11.6. The molecule has 2 aliphatic rings. The van der Waals surface area contributed by atoms with Crippen LogP contribution in [0.4, 0.5) is 0 Å². The van der Waals surface area contributed by atoms with E-state index in [2.05, 4.69) is 15.0 Å². The lowest BCUT2D eigenvalue weighted by molar-refractivity contribution is -0.162. The van der Waals surface area contributed by atoms with Gasteiger partial charge in [0, 0.05) is 25.2 Å². The Morgan fingerprint density at radius 3 is 2.68 bits per heavy atom. The largest absolute Gasteiger partial charge is 0.467 e. The number of carbonyl (C=O) groups excluding carboxylic acids is 1. The quantitative estimate of drug-likeness (QED) is 0.689. The Morgan fingerprint density at radius 2 is 2.16 bits per heavy atom. The lowest BCUT2D eigenvalue weighted by Gasteiger charge is -2.34. The third-order valence-electron chi connectivity index (χ3n) is 4.07. The second-order valence-electron chi connectivity index (χ2n) is 6.07. The molecule has 1 aliphatic heterocycles. The number of esters is 1. The van der Waals surface area contributed by atoms with Crippen LogP contribution in [-0.4, -0.2) is 60.4 Å². The molecule has 1 saturated carbocycles. The van der Waals surface area contributed by atoms with Crippen LogP contribution in [0.5, 0.6) is 0 Å². The minimum atomic E-state index is -1.41. The first kappa shape index (κ1) is 14.8. The van der Waals surface area contributed by atoms with E-state index in [0.29, 0.717) is 18.6 Å². The highest BCUT2D eigenvalue weighted by atomic mass is 16.5. The van der Waals surface area contributed by atoms with Crippen LogP contribution >= 0.6 is 0 Å². The molecule has 2 atom stereocenters. The van der Waals surface area contributed by atoms with Gasteiger partial charge in [-0.2, -0.15) is 0 Å². The summed E-state index contributed by atoms with van der Waals surface area (Å²) < 4.78 is 4.67. The molecule has 1 aliphatic carbocycles. The van der Waals surface area contributed by atoms with Crippen molar-refractivity contribution < 1.29 is 14.6 Å². The van der Waals surface area contributed by atoms with E-state index >= 15 is 0 Å². The van der Waals surface area contributed by atoms with Crippen LogP contribution in [0.15, 0.2) is 0 Å². The fourth-order valence-electron chi connectivity index (χ4n) is 2.83. The molecule has 110 valence electrons. The van der Waals surface area contributed by atoms with E-state index < -0.39 is 11.6 Å². The van der Waals surface area contributed by atoms with Gasteiger partial charge in [-0.05, 0) is 39.2 Å². The highest BCUT2D eigenvalue weighted by Crippen LogP contribution is 2.29. The number of nitrogens with zero attached hydrogens (tertiary/aromatic N) is 1. The summed E-state index contributed by atoms with van der Waals surface area (Å²) in [5, 5.41) is 13.7. The molecule has 2 rings (SSSR count). The molecule has 1 saturated heterocycles. The number of hydrogen-bond acceptors (Lipinski definition) is 5. The minimum absolute atomic E-state index is 0.364. The zero-order valence-corrected chi connectivity index (χ0v) is 12.0. The number of nitrogens with one attached hydrogen (secondary N) is 1. The van der Waals surface area contributed by atoms with Crippen LogP contribution in [-0.2, 0) is 9.53 Å². The predicted octanol–water partition coefficient (Wildman–Crippen LogP) is 0.517. The van der Waals surface area contributed by atoms with Gasteiger partial charge >= 0.3 is 5.97 Å². The summed E-state index contributed by atoms with van der Waals surface area (Å²) in [7, 11) is 1.32. The van der Waals surface area contributed by atoms with Gasteiger partial charge in [0.15, 0.2) is 5.60 Å². The van der Waals surface area contributed by atoms with E-state index in [4.69, 9.17) is 0 Å². The van der Waals surface area contributed by atoms with Gasteiger partial charge in [0.1, 0.15) is 0 Å². The van der Waals surface area contributed by atoms with Gasteiger partial charge in [0.25, 0.3) is 0 Å². The summed E-state index contributed by atoms with van der Waals surface area (Å²) in [6.45, 7) is 3.90. The molecule has 5 nitrogen and oxygen atoms in total. The Hall–Kier alpha value is -0.650. The molecule has 2 N–H and O–H groups in total. The van der Waals surface area contributed by atoms with Crippen molar-refractivity contribution in [1.29, 1.82) is 0 Å². The van der Waals surface area contributed by atoms with Gasteiger partial charge in [-0.3, -0.25) is 4.90 Å². The number of hydrogen-bond donors (Lipinski definition) is 2. The predicted molar refractivity (Wildman–Crippen MR) is 72.9 cm³/mol. The fourth-order valence-corrected chi connectivity index (χ4v) is 2.83. The summed E-state index contributed by atoms with van der Waals surface area (Å²) in [6, 6.07) is 1.02. The summed E-state index contributed by atoms with van der Waals surface area (Å²) in [4.78, 5) is 13.8. The first-order chi connectivity index (χ1) is 9.03. The molecule has 0 aromatic heterocycles. The first-order valence-electron chi connectivity index (χ1n) is 7.31. The van der Waals surface area contributed by atoms with E-state index in [1.165, 1.54) is 39.2 Å². The van der Waals surface area contributed by atoms with Crippen molar-refractivity contribution >= 4 is 5.97 Å². The smallest absolute Gasteiger partial charge is 0.338 e. The van der Waals surface area contributed by atoms with Crippen LogP contribution in [0.25, 0.3) is 0 Å². The highest BCUT2D eigenvalue weighted by Gasteiger charge is 2.39. The monoisotopic (exact) mass is 270 g/mol. The molecule has 0 amide bonds. The molecule has 5 heteroatoms. The maximum Gasteiger partial charge on any atom is 0.338 e. The van der Waals surface area contributed by atoms with Gasteiger partial charge in [-0.25, -0.2) is 4.79 Å². The Labute approximate surface area is 115 Å². The topological polar surface area (TPSA) is 61.8 Å². The molecule has 0 radical (unpaired) electrons. The molecular formula is C14H26N2O3. The summed E-state index contributed by atoms with van der Waals surface area (Å²) in [5.41, 5.74) is -1.41. The zero-order valence-electron chi connectivity index (χ0n) is 12.0. The Bertz CT molecular complexity index is 310. The average Bonchev–Trinajstić information content (AvgIpc) is 3.22. The summed E-state index contributed by atoms with van der Waals surface area (Å²) >= 11 is 0. The summed E-state index contributed by atoms with van der Waals surface area (Å²) in [6.07, 6.45) is 6.04. The summed E-state index contributed by atoms with van der Waals surface area (Å²) in [5.74, 6) is -0.547. The molecule has 1 heterocycles. The van der Waals surface area contributed by atoms with E-state index in [0.717, 1.165) is 13.1 Å². The van der Waals surface area contributed by atoms with Crippen molar-refractivity contribution in [3.63, 3.8) is 0 Å². The lowest BCUT2D eigenvalue weighted by atomic mass is 10.0. The van der Waals surface area contributed by atoms with Crippen LogP contribution in [0.1, 0.15) is 39.0 Å². The number of rotatable bonds is 6. The van der Waals surface area contributed by atoms with Crippen LogP contribution in [0.3, 0.4) is 0 Å². The minimum Gasteiger partial charge on any atom is -0.467 e. The molecule has 0 bridgehead atoms. The van der Waals surface area contributed by atoms with Crippen molar-refractivity contribution in [2.24, 2.45) is 0 Å². The van der Waals surface area contributed by atoms with E-state index in [9.17, 15) is 9.90 Å². The van der Waals surface area contributed by atoms with Gasteiger partial charge < -0.3 is 15.2 Å². The normalized spacial score (nSPS) is 27.1.